The highest BCUT2D eigenvalue weighted by atomic mass is 15.2. The second-order valence-electron chi connectivity index (χ2n) is 5.25. The van der Waals surface area contributed by atoms with Crippen molar-refractivity contribution in [1.82, 2.24) is 10.2 Å². The van der Waals surface area contributed by atoms with Crippen LogP contribution in [0.5, 0.6) is 0 Å². The zero-order valence-corrected chi connectivity index (χ0v) is 11.3. The van der Waals surface area contributed by atoms with Crippen molar-refractivity contribution in [3.8, 4) is 0 Å². The second-order valence-corrected chi connectivity index (χ2v) is 5.25. The Morgan fingerprint density at radius 2 is 1.80 bits per heavy atom. The minimum atomic E-state index is 0.560. The molecule has 0 aromatic heterocycles. The number of likely N-dealkylation sites (N-methyl/N-ethyl adjacent to an activating group) is 1. The zero-order valence-electron chi connectivity index (χ0n) is 11.3. The standard InChI is InChI=1S/C13H28N2/c1-10(2)9-15(7)13(11(3)4)8-14-12(5)6/h11-14H,1,8-9H2,2-7H3. The van der Waals surface area contributed by atoms with Crippen molar-refractivity contribution >= 4 is 0 Å². The van der Waals surface area contributed by atoms with Crippen LogP contribution in [0.2, 0.25) is 0 Å². The summed E-state index contributed by atoms with van der Waals surface area (Å²) in [6.07, 6.45) is 0. The van der Waals surface area contributed by atoms with Crippen LogP contribution in [0.25, 0.3) is 0 Å². The first kappa shape index (κ1) is 14.7. The molecule has 90 valence electrons. The Labute approximate surface area is 95.7 Å². The van der Waals surface area contributed by atoms with Gasteiger partial charge in [0, 0.05) is 25.2 Å². The van der Waals surface area contributed by atoms with Crippen LogP contribution in [-0.4, -0.2) is 37.1 Å². The maximum atomic E-state index is 3.97. The lowest BCUT2D eigenvalue weighted by Crippen LogP contribution is -2.45. The van der Waals surface area contributed by atoms with E-state index in [2.05, 4.69) is 58.5 Å². The number of hydrogen-bond donors (Lipinski definition) is 1. The van der Waals surface area contributed by atoms with E-state index in [0.717, 1.165) is 13.1 Å². The Hall–Kier alpha value is -0.340. The van der Waals surface area contributed by atoms with Gasteiger partial charge in [0.2, 0.25) is 0 Å². The minimum Gasteiger partial charge on any atom is -0.313 e. The Kier molecular flexibility index (Phi) is 6.86. The van der Waals surface area contributed by atoms with Crippen LogP contribution in [0.4, 0.5) is 0 Å². The second kappa shape index (κ2) is 7.02. The number of hydrogen-bond acceptors (Lipinski definition) is 2. The van der Waals surface area contributed by atoms with Gasteiger partial charge < -0.3 is 5.32 Å². The molecular formula is C13H28N2. The number of rotatable bonds is 7. The van der Waals surface area contributed by atoms with Crippen LogP contribution < -0.4 is 5.32 Å². The molecule has 0 aromatic rings. The van der Waals surface area contributed by atoms with Gasteiger partial charge >= 0.3 is 0 Å². The van der Waals surface area contributed by atoms with Crippen molar-refractivity contribution in [2.45, 2.75) is 46.7 Å². The topological polar surface area (TPSA) is 15.3 Å². The lowest BCUT2D eigenvalue weighted by Gasteiger charge is -2.32. The van der Waals surface area contributed by atoms with Crippen LogP contribution >= 0.6 is 0 Å². The molecule has 0 heterocycles. The van der Waals surface area contributed by atoms with Gasteiger partial charge in [-0.15, -0.1) is 0 Å². The van der Waals surface area contributed by atoms with E-state index in [1.54, 1.807) is 0 Å². The van der Waals surface area contributed by atoms with Crippen molar-refractivity contribution in [3.05, 3.63) is 12.2 Å². The zero-order chi connectivity index (χ0) is 12.0. The quantitative estimate of drug-likeness (QED) is 0.652. The first-order chi connectivity index (χ1) is 6.84. The van der Waals surface area contributed by atoms with E-state index < -0.39 is 0 Å². The molecule has 1 atom stereocenters. The third-order valence-electron chi connectivity index (χ3n) is 2.59. The molecule has 0 radical (unpaired) electrons. The lowest BCUT2D eigenvalue weighted by atomic mass is 10.0. The summed E-state index contributed by atoms with van der Waals surface area (Å²) in [5, 5.41) is 3.51. The predicted octanol–water partition coefficient (Wildman–Crippen LogP) is 2.52. The molecule has 2 nitrogen and oxygen atoms in total. The van der Waals surface area contributed by atoms with E-state index in [4.69, 9.17) is 0 Å². The van der Waals surface area contributed by atoms with E-state index in [9.17, 15) is 0 Å². The Bertz CT molecular complexity index is 185. The SMILES string of the molecule is C=C(C)CN(C)C(CNC(C)C)C(C)C. The van der Waals surface area contributed by atoms with Crippen LogP contribution in [-0.2, 0) is 0 Å². The average Bonchev–Trinajstić information content (AvgIpc) is 2.01. The van der Waals surface area contributed by atoms with Crippen molar-refractivity contribution in [2.24, 2.45) is 5.92 Å². The maximum absolute atomic E-state index is 3.97. The third kappa shape index (κ3) is 6.69. The monoisotopic (exact) mass is 212 g/mol. The fourth-order valence-electron chi connectivity index (χ4n) is 1.80. The van der Waals surface area contributed by atoms with Crippen molar-refractivity contribution in [1.29, 1.82) is 0 Å². The highest BCUT2D eigenvalue weighted by Gasteiger charge is 2.18. The molecule has 0 saturated heterocycles. The highest BCUT2D eigenvalue weighted by Crippen LogP contribution is 2.09. The molecule has 2 heteroatoms. The van der Waals surface area contributed by atoms with E-state index >= 15 is 0 Å². The summed E-state index contributed by atoms with van der Waals surface area (Å²) in [6, 6.07) is 1.15. The smallest absolute Gasteiger partial charge is 0.0244 e. The molecule has 0 aliphatic heterocycles. The van der Waals surface area contributed by atoms with Gasteiger partial charge in [-0.05, 0) is 19.9 Å². The van der Waals surface area contributed by atoms with E-state index in [1.807, 2.05) is 0 Å². The van der Waals surface area contributed by atoms with E-state index in [0.29, 0.717) is 18.0 Å². The molecule has 1 N–H and O–H groups in total. The molecule has 1 unspecified atom stereocenters. The summed E-state index contributed by atoms with van der Waals surface area (Å²) >= 11 is 0. The average molecular weight is 212 g/mol. The molecule has 0 spiro atoms. The molecule has 0 aliphatic rings. The molecular weight excluding hydrogens is 184 g/mol. The molecule has 0 aromatic carbocycles. The Balaban J connectivity index is 4.18. The summed E-state index contributed by atoms with van der Waals surface area (Å²) in [6.45, 7) is 17.0. The molecule has 0 bridgehead atoms. The first-order valence-corrected chi connectivity index (χ1v) is 5.92. The lowest BCUT2D eigenvalue weighted by molar-refractivity contribution is 0.198. The van der Waals surface area contributed by atoms with Gasteiger partial charge in [-0.3, -0.25) is 4.90 Å². The molecule has 0 aliphatic carbocycles. The summed E-state index contributed by atoms with van der Waals surface area (Å²) in [5.41, 5.74) is 1.23. The van der Waals surface area contributed by atoms with Gasteiger partial charge in [0.15, 0.2) is 0 Å². The first-order valence-electron chi connectivity index (χ1n) is 5.92. The van der Waals surface area contributed by atoms with Crippen LogP contribution in [0, 0.1) is 5.92 Å². The highest BCUT2D eigenvalue weighted by molar-refractivity contribution is 4.93. The summed E-state index contributed by atoms with van der Waals surface area (Å²) in [5.74, 6) is 0.667. The Morgan fingerprint density at radius 1 is 1.27 bits per heavy atom. The fourth-order valence-corrected chi connectivity index (χ4v) is 1.80. The summed E-state index contributed by atoms with van der Waals surface area (Å²) in [7, 11) is 2.18. The van der Waals surface area contributed by atoms with Gasteiger partial charge in [-0.25, -0.2) is 0 Å². The molecule has 0 saturated carbocycles. The molecule has 0 amide bonds. The summed E-state index contributed by atoms with van der Waals surface area (Å²) in [4.78, 5) is 2.39. The third-order valence-corrected chi connectivity index (χ3v) is 2.59. The number of nitrogens with zero attached hydrogens (tertiary/aromatic N) is 1. The van der Waals surface area contributed by atoms with Gasteiger partial charge in [-0.1, -0.05) is 39.8 Å². The van der Waals surface area contributed by atoms with Gasteiger partial charge in [0.1, 0.15) is 0 Å². The largest absolute Gasteiger partial charge is 0.313 e. The molecule has 15 heavy (non-hydrogen) atoms. The molecule has 0 rings (SSSR count). The van der Waals surface area contributed by atoms with E-state index in [1.165, 1.54) is 5.57 Å². The van der Waals surface area contributed by atoms with Gasteiger partial charge in [0.05, 0.1) is 0 Å². The molecule has 0 fully saturated rings. The van der Waals surface area contributed by atoms with Gasteiger partial charge in [-0.2, -0.15) is 0 Å². The minimum absolute atomic E-state index is 0.560. The van der Waals surface area contributed by atoms with E-state index in [-0.39, 0.29) is 0 Å². The van der Waals surface area contributed by atoms with Crippen molar-refractivity contribution in [2.75, 3.05) is 20.1 Å². The predicted molar refractivity (Wildman–Crippen MR) is 69.2 cm³/mol. The van der Waals surface area contributed by atoms with Crippen LogP contribution in [0.3, 0.4) is 0 Å². The number of nitrogens with one attached hydrogen (secondary N) is 1. The fraction of sp³-hybridized carbons (Fsp3) is 0.846. The van der Waals surface area contributed by atoms with Crippen LogP contribution in [0.15, 0.2) is 12.2 Å². The summed E-state index contributed by atoms with van der Waals surface area (Å²) < 4.78 is 0. The van der Waals surface area contributed by atoms with Crippen LogP contribution in [0.1, 0.15) is 34.6 Å². The van der Waals surface area contributed by atoms with Crippen molar-refractivity contribution in [3.63, 3.8) is 0 Å². The van der Waals surface area contributed by atoms with Crippen molar-refractivity contribution < 1.29 is 0 Å². The Morgan fingerprint density at radius 3 is 2.13 bits per heavy atom. The maximum Gasteiger partial charge on any atom is 0.0244 e. The normalized spacial score (nSPS) is 13.9. The van der Waals surface area contributed by atoms with Gasteiger partial charge in [0.25, 0.3) is 0 Å².